The number of rotatable bonds is 6. The minimum Gasteiger partial charge on any atom is -0.392 e. The summed E-state index contributed by atoms with van der Waals surface area (Å²) in [6, 6.07) is 6.15. The first-order chi connectivity index (χ1) is 9.96. The number of aliphatic hydroxyl groups excluding tert-OH is 1. The molecule has 114 valence electrons. The van der Waals surface area contributed by atoms with Gasteiger partial charge in [0, 0.05) is 25.4 Å². The number of aromatic nitrogens is 2. The first-order valence-electron chi connectivity index (χ1n) is 6.67. The van der Waals surface area contributed by atoms with Gasteiger partial charge >= 0.3 is 0 Å². The van der Waals surface area contributed by atoms with Gasteiger partial charge in [0.2, 0.25) is 10.0 Å². The summed E-state index contributed by atoms with van der Waals surface area (Å²) in [7, 11) is -1.76. The summed E-state index contributed by atoms with van der Waals surface area (Å²) in [5, 5.41) is 13.2. The number of aryl methyl sites for hydroxylation is 2. The second-order valence-electron chi connectivity index (χ2n) is 4.75. The van der Waals surface area contributed by atoms with Crippen molar-refractivity contribution < 1.29 is 13.5 Å². The highest BCUT2D eigenvalue weighted by atomic mass is 32.2. The molecule has 0 fully saturated rings. The quantitative estimate of drug-likeness (QED) is 0.832. The van der Waals surface area contributed by atoms with Crippen LogP contribution in [0.2, 0.25) is 0 Å². The molecule has 1 heterocycles. The summed E-state index contributed by atoms with van der Waals surface area (Å²) >= 11 is 0. The van der Waals surface area contributed by atoms with E-state index < -0.39 is 10.0 Å². The standard InChI is InChI=1S/C14H19N3O3S/c1-3-14-12(9-17(2)16-14)8-15-21(19,20)13-6-4-11(10-18)5-7-13/h4-7,9,15,18H,3,8,10H2,1-2H3. The van der Waals surface area contributed by atoms with Gasteiger partial charge < -0.3 is 5.11 Å². The molecule has 0 saturated heterocycles. The molecule has 0 amide bonds. The lowest BCUT2D eigenvalue weighted by Crippen LogP contribution is -2.23. The van der Waals surface area contributed by atoms with Crippen LogP contribution < -0.4 is 4.72 Å². The van der Waals surface area contributed by atoms with Crippen molar-refractivity contribution in [1.82, 2.24) is 14.5 Å². The van der Waals surface area contributed by atoms with Gasteiger partial charge in [0.05, 0.1) is 17.2 Å². The SMILES string of the molecule is CCc1nn(C)cc1CNS(=O)(=O)c1ccc(CO)cc1. The zero-order valence-electron chi connectivity index (χ0n) is 12.1. The van der Waals surface area contributed by atoms with E-state index in [0.717, 1.165) is 17.7 Å². The van der Waals surface area contributed by atoms with E-state index in [-0.39, 0.29) is 18.0 Å². The van der Waals surface area contributed by atoms with Crippen LogP contribution in [0.4, 0.5) is 0 Å². The molecule has 0 spiro atoms. The second-order valence-corrected chi connectivity index (χ2v) is 6.52. The molecule has 7 heteroatoms. The van der Waals surface area contributed by atoms with E-state index >= 15 is 0 Å². The van der Waals surface area contributed by atoms with Gasteiger partial charge in [0.15, 0.2) is 0 Å². The van der Waals surface area contributed by atoms with Crippen LogP contribution in [0.15, 0.2) is 35.4 Å². The fourth-order valence-corrected chi connectivity index (χ4v) is 3.07. The van der Waals surface area contributed by atoms with E-state index in [1.54, 1.807) is 16.8 Å². The molecule has 0 unspecified atom stereocenters. The summed E-state index contributed by atoms with van der Waals surface area (Å²) in [4.78, 5) is 0.182. The second kappa shape index (κ2) is 6.38. The summed E-state index contributed by atoms with van der Waals surface area (Å²) in [6.07, 6.45) is 2.57. The van der Waals surface area contributed by atoms with Crippen LogP contribution in [0.5, 0.6) is 0 Å². The number of sulfonamides is 1. The van der Waals surface area contributed by atoms with Crippen molar-refractivity contribution in [2.45, 2.75) is 31.4 Å². The molecule has 2 rings (SSSR count). The highest BCUT2D eigenvalue weighted by Gasteiger charge is 2.15. The molecule has 0 aliphatic rings. The molecule has 1 aromatic heterocycles. The lowest BCUT2D eigenvalue weighted by Gasteiger charge is -2.07. The number of nitrogens with zero attached hydrogens (tertiary/aromatic N) is 2. The van der Waals surface area contributed by atoms with E-state index in [1.165, 1.54) is 12.1 Å². The average Bonchev–Trinajstić information content (AvgIpc) is 2.85. The molecule has 0 saturated carbocycles. The first-order valence-corrected chi connectivity index (χ1v) is 8.15. The van der Waals surface area contributed by atoms with Crippen molar-refractivity contribution in [3.8, 4) is 0 Å². The molecule has 21 heavy (non-hydrogen) atoms. The fraction of sp³-hybridized carbons (Fsp3) is 0.357. The highest BCUT2D eigenvalue weighted by molar-refractivity contribution is 7.89. The maximum Gasteiger partial charge on any atom is 0.240 e. The lowest BCUT2D eigenvalue weighted by atomic mass is 10.2. The van der Waals surface area contributed by atoms with Crippen molar-refractivity contribution in [3.05, 3.63) is 47.3 Å². The van der Waals surface area contributed by atoms with E-state index in [2.05, 4.69) is 9.82 Å². The van der Waals surface area contributed by atoms with Gasteiger partial charge in [0.1, 0.15) is 0 Å². The Morgan fingerprint density at radius 3 is 2.52 bits per heavy atom. The molecule has 0 aliphatic heterocycles. The highest BCUT2D eigenvalue weighted by Crippen LogP contribution is 2.13. The largest absolute Gasteiger partial charge is 0.392 e. The topological polar surface area (TPSA) is 84.2 Å². The van der Waals surface area contributed by atoms with Gasteiger partial charge in [-0.15, -0.1) is 0 Å². The van der Waals surface area contributed by atoms with Gasteiger partial charge in [-0.05, 0) is 24.1 Å². The maximum atomic E-state index is 12.2. The number of hydrogen-bond acceptors (Lipinski definition) is 4. The Labute approximate surface area is 124 Å². The minimum absolute atomic E-state index is 0.108. The number of hydrogen-bond donors (Lipinski definition) is 2. The van der Waals surface area contributed by atoms with Crippen LogP contribution in [-0.2, 0) is 36.6 Å². The van der Waals surface area contributed by atoms with Gasteiger partial charge in [0.25, 0.3) is 0 Å². The Hall–Kier alpha value is -1.70. The molecule has 2 aromatic rings. The Bertz CT molecular complexity index is 706. The minimum atomic E-state index is -3.57. The molecule has 2 N–H and O–H groups in total. The number of nitrogens with one attached hydrogen (secondary N) is 1. The third kappa shape index (κ3) is 3.69. The predicted octanol–water partition coefficient (Wildman–Crippen LogP) is 0.953. The van der Waals surface area contributed by atoms with Crippen LogP contribution in [0, 0.1) is 0 Å². The van der Waals surface area contributed by atoms with Crippen molar-refractivity contribution >= 4 is 10.0 Å². The van der Waals surface area contributed by atoms with Gasteiger partial charge in [-0.2, -0.15) is 5.10 Å². The Kier molecular flexibility index (Phi) is 4.76. The molecular formula is C14H19N3O3S. The maximum absolute atomic E-state index is 12.2. The zero-order chi connectivity index (χ0) is 15.5. The van der Waals surface area contributed by atoms with E-state index in [0.29, 0.717) is 5.56 Å². The first kappa shape index (κ1) is 15.7. The van der Waals surface area contributed by atoms with Crippen LogP contribution >= 0.6 is 0 Å². The molecular weight excluding hydrogens is 290 g/mol. The number of benzene rings is 1. The van der Waals surface area contributed by atoms with Crippen molar-refractivity contribution in [1.29, 1.82) is 0 Å². The Balaban J connectivity index is 2.13. The van der Waals surface area contributed by atoms with Crippen molar-refractivity contribution in [2.24, 2.45) is 7.05 Å². The molecule has 0 aliphatic carbocycles. The summed E-state index contributed by atoms with van der Waals surface area (Å²) in [5.41, 5.74) is 2.43. The number of aliphatic hydroxyl groups is 1. The van der Waals surface area contributed by atoms with Crippen LogP contribution in [0.1, 0.15) is 23.7 Å². The van der Waals surface area contributed by atoms with E-state index in [1.807, 2.05) is 20.2 Å². The predicted molar refractivity (Wildman–Crippen MR) is 79.0 cm³/mol. The van der Waals surface area contributed by atoms with Crippen LogP contribution in [-0.4, -0.2) is 23.3 Å². The van der Waals surface area contributed by atoms with Crippen molar-refractivity contribution in [3.63, 3.8) is 0 Å². The molecule has 6 nitrogen and oxygen atoms in total. The molecule has 0 bridgehead atoms. The lowest BCUT2D eigenvalue weighted by molar-refractivity contribution is 0.282. The van der Waals surface area contributed by atoms with Crippen molar-refractivity contribution in [2.75, 3.05) is 0 Å². The summed E-state index contributed by atoms with van der Waals surface area (Å²) in [6.45, 7) is 2.08. The van der Waals surface area contributed by atoms with Gasteiger partial charge in [-0.3, -0.25) is 4.68 Å². The fourth-order valence-electron chi connectivity index (χ4n) is 2.06. The van der Waals surface area contributed by atoms with E-state index in [9.17, 15) is 8.42 Å². The zero-order valence-corrected chi connectivity index (χ0v) is 12.9. The Morgan fingerprint density at radius 1 is 1.29 bits per heavy atom. The van der Waals surface area contributed by atoms with Gasteiger partial charge in [-0.1, -0.05) is 19.1 Å². The van der Waals surface area contributed by atoms with Crippen LogP contribution in [0.25, 0.3) is 0 Å². The normalized spacial score (nSPS) is 11.8. The summed E-state index contributed by atoms with van der Waals surface area (Å²) in [5.74, 6) is 0. The third-order valence-corrected chi connectivity index (χ3v) is 4.61. The van der Waals surface area contributed by atoms with E-state index in [4.69, 9.17) is 5.11 Å². The molecule has 0 radical (unpaired) electrons. The summed E-state index contributed by atoms with van der Waals surface area (Å²) < 4.78 is 28.7. The Morgan fingerprint density at radius 2 is 1.95 bits per heavy atom. The van der Waals surface area contributed by atoms with Crippen LogP contribution in [0.3, 0.4) is 0 Å². The monoisotopic (exact) mass is 309 g/mol. The smallest absolute Gasteiger partial charge is 0.240 e. The average molecular weight is 309 g/mol. The molecule has 1 aromatic carbocycles. The third-order valence-electron chi connectivity index (χ3n) is 3.20. The van der Waals surface area contributed by atoms with Gasteiger partial charge in [-0.25, -0.2) is 13.1 Å². The molecule has 0 atom stereocenters.